The molecule has 1 aromatic rings. The topological polar surface area (TPSA) is 0 Å². The molecule has 0 spiro atoms. The molecule has 2 rings (SSSR count). The van der Waals surface area contributed by atoms with Crippen molar-refractivity contribution >= 4 is 11.3 Å². The molecule has 1 aromatic heterocycles. The van der Waals surface area contributed by atoms with Crippen LogP contribution in [0.4, 0.5) is 13.2 Å². The monoisotopic (exact) mass is 216 g/mol. The second-order valence-corrected chi connectivity index (χ2v) is 4.47. The number of hydrogen-bond acceptors (Lipinski definition) is 1. The van der Waals surface area contributed by atoms with Crippen LogP contribution in [0.3, 0.4) is 0 Å². The number of terminal acetylenes is 1. The summed E-state index contributed by atoms with van der Waals surface area (Å²) in [5.41, 5.74) is -0.381. The third kappa shape index (κ3) is 1.42. The summed E-state index contributed by atoms with van der Waals surface area (Å²) in [5, 5.41) is 0. The van der Waals surface area contributed by atoms with Crippen molar-refractivity contribution < 1.29 is 13.2 Å². The van der Waals surface area contributed by atoms with E-state index in [1.165, 1.54) is 6.07 Å². The van der Waals surface area contributed by atoms with Gasteiger partial charge in [0, 0.05) is 4.88 Å². The van der Waals surface area contributed by atoms with E-state index in [2.05, 4.69) is 5.92 Å². The highest BCUT2D eigenvalue weighted by molar-refractivity contribution is 7.12. The molecule has 0 N–H and O–H groups in total. The van der Waals surface area contributed by atoms with Crippen molar-refractivity contribution in [2.45, 2.75) is 24.4 Å². The van der Waals surface area contributed by atoms with Crippen molar-refractivity contribution in [1.82, 2.24) is 0 Å². The minimum Gasteiger partial charge on any atom is -0.165 e. The van der Waals surface area contributed by atoms with Gasteiger partial charge in [0.1, 0.15) is 4.88 Å². The first-order valence-corrected chi connectivity index (χ1v) is 4.95. The molecule has 1 fully saturated rings. The van der Waals surface area contributed by atoms with E-state index < -0.39 is 11.1 Å². The van der Waals surface area contributed by atoms with Gasteiger partial charge in [-0.2, -0.15) is 13.2 Å². The Labute approximate surface area is 83.8 Å². The highest BCUT2D eigenvalue weighted by atomic mass is 32.1. The van der Waals surface area contributed by atoms with Crippen LogP contribution in [0.25, 0.3) is 0 Å². The van der Waals surface area contributed by atoms with Crippen molar-refractivity contribution in [2.75, 3.05) is 0 Å². The molecular weight excluding hydrogens is 209 g/mol. The van der Waals surface area contributed by atoms with E-state index in [0.29, 0.717) is 4.88 Å². The zero-order chi connectivity index (χ0) is 10.4. The Bertz CT molecular complexity index is 390. The largest absolute Gasteiger partial charge is 0.425 e. The molecule has 1 saturated carbocycles. The lowest BCUT2D eigenvalue weighted by molar-refractivity contribution is -0.134. The quantitative estimate of drug-likeness (QED) is 0.631. The van der Waals surface area contributed by atoms with Crippen molar-refractivity contribution in [3.63, 3.8) is 0 Å². The maximum Gasteiger partial charge on any atom is 0.425 e. The molecular formula is C10H7F3S. The molecule has 0 bridgehead atoms. The van der Waals surface area contributed by atoms with Crippen LogP contribution >= 0.6 is 11.3 Å². The van der Waals surface area contributed by atoms with Gasteiger partial charge in [-0.3, -0.25) is 0 Å². The Kier molecular flexibility index (Phi) is 1.90. The predicted octanol–water partition coefficient (Wildman–Crippen LogP) is 3.43. The average Bonchev–Trinajstić information content (AvgIpc) is 2.73. The van der Waals surface area contributed by atoms with Gasteiger partial charge in [-0.25, -0.2) is 0 Å². The van der Waals surface area contributed by atoms with Crippen LogP contribution in [0.5, 0.6) is 0 Å². The molecule has 0 aromatic carbocycles. The molecule has 1 heterocycles. The molecule has 0 nitrogen and oxygen atoms in total. The lowest BCUT2D eigenvalue weighted by Gasteiger charge is -2.03. The van der Waals surface area contributed by atoms with E-state index in [4.69, 9.17) is 6.42 Å². The van der Waals surface area contributed by atoms with Crippen molar-refractivity contribution in [1.29, 1.82) is 0 Å². The number of halogens is 3. The maximum atomic E-state index is 12.3. The fraction of sp³-hybridized carbons (Fsp3) is 0.400. The Morgan fingerprint density at radius 1 is 1.36 bits per heavy atom. The summed E-state index contributed by atoms with van der Waals surface area (Å²) in [4.78, 5) is 0.112. The third-order valence-corrected chi connectivity index (χ3v) is 3.72. The van der Waals surface area contributed by atoms with E-state index >= 15 is 0 Å². The Morgan fingerprint density at radius 2 is 2.00 bits per heavy atom. The van der Waals surface area contributed by atoms with Crippen molar-refractivity contribution in [2.24, 2.45) is 0 Å². The molecule has 0 unspecified atom stereocenters. The zero-order valence-electron chi connectivity index (χ0n) is 7.19. The summed E-state index contributed by atoms with van der Waals surface area (Å²) >= 11 is 0.766. The maximum absolute atomic E-state index is 12.3. The summed E-state index contributed by atoms with van der Waals surface area (Å²) in [6, 6.07) is 2.61. The fourth-order valence-corrected chi connectivity index (χ4v) is 2.42. The second kappa shape index (κ2) is 2.77. The van der Waals surface area contributed by atoms with Gasteiger partial charge in [0.2, 0.25) is 0 Å². The molecule has 0 radical (unpaired) electrons. The summed E-state index contributed by atoms with van der Waals surface area (Å²) in [7, 11) is 0. The van der Waals surface area contributed by atoms with E-state index in [0.717, 1.165) is 30.2 Å². The van der Waals surface area contributed by atoms with Gasteiger partial charge in [0.25, 0.3) is 0 Å². The van der Waals surface area contributed by atoms with Crippen molar-refractivity contribution in [3.8, 4) is 12.3 Å². The minimum absolute atomic E-state index is 0.381. The second-order valence-electron chi connectivity index (χ2n) is 3.39. The van der Waals surface area contributed by atoms with E-state index in [1.54, 1.807) is 0 Å². The van der Waals surface area contributed by atoms with Crippen LogP contribution in [-0.4, -0.2) is 0 Å². The average molecular weight is 216 g/mol. The number of thiophene rings is 1. The SMILES string of the molecule is C#CC1(c2ccc(C(F)(F)F)s2)CC1. The first-order chi connectivity index (χ1) is 6.48. The summed E-state index contributed by atoms with van der Waals surface area (Å²) in [6.07, 6.45) is 2.67. The van der Waals surface area contributed by atoms with Gasteiger partial charge in [0.15, 0.2) is 0 Å². The van der Waals surface area contributed by atoms with Gasteiger partial charge in [-0.15, -0.1) is 17.8 Å². The van der Waals surface area contributed by atoms with Gasteiger partial charge in [0.05, 0.1) is 5.41 Å². The molecule has 0 saturated heterocycles. The van der Waals surface area contributed by atoms with Gasteiger partial charge in [-0.1, -0.05) is 5.92 Å². The van der Waals surface area contributed by atoms with Gasteiger partial charge < -0.3 is 0 Å². The molecule has 74 valence electrons. The lowest BCUT2D eigenvalue weighted by Crippen LogP contribution is -2.01. The molecule has 1 aliphatic rings. The molecule has 14 heavy (non-hydrogen) atoms. The minimum atomic E-state index is -4.24. The van der Waals surface area contributed by atoms with Crippen LogP contribution < -0.4 is 0 Å². The van der Waals surface area contributed by atoms with Crippen LogP contribution in [0, 0.1) is 12.3 Å². The van der Waals surface area contributed by atoms with E-state index in [1.807, 2.05) is 0 Å². The fourth-order valence-electron chi connectivity index (χ4n) is 1.33. The first kappa shape index (κ1) is 9.60. The van der Waals surface area contributed by atoms with Gasteiger partial charge in [-0.05, 0) is 25.0 Å². The molecule has 0 atom stereocenters. The van der Waals surface area contributed by atoms with Crippen LogP contribution in [0.2, 0.25) is 0 Å². The summed E-state index contributed by atoms with van der Waals surface area (Å²) < 4.78 is 36.8. The van der Waals surface area contributed by atoms with E-state index in [9.17, 15) is 13.2 Å². The predicted molar refractivity (Wildman–Crippen MR) is 49.1 cm³/mol. The third-order valence-electron chi connectivity index (χ3n) is 2.38. The molecule has 4 heteroatoms. The summed E-state index contributed by atoms with van der Waals surface area (Å²) in [5.74, 6) is 2.58. The Morgan fingerprint density at radius 3 is 2.36 bits per heavy atom. The summed E-state index contributed by atoms with van der Waals surface area (Å²) in [6.45, 7) is 0. The van der Waals surface area contributed by atoms with E-state index in [-0.39, 0.29) is 5.41 Å². The highest BCUT2D eigenvalue weighted by Crippen LogP contribution is 2.51. The smallest absolute Gasteiger partial charge is 0.165 e. The molecule has 1 aliphatic carbocycles. The molecule has 0 amide bonds. The lowest BCUT2D eigenvalue weighted by atomic mass is 10.1. The van der Waals surface area contributed by atoms with Crippen LogP contribution in [0.15, 0.2) is 12.1 Å². The normalized spacial score (nSPS) is 19.0. The standard InChI is InChI=1S/C10H7F3S/c1-2-9(5-6-9)7-3-4-8(14-7)10(11,12)13/h1,3-4H,5-6H2. The first-order valence-electron chi connectivity index (χ1n) is 4.13. The Balaban J connectivity index is 2.32. The highest BCUT2D eigenvalue weighted by Gasteiger charge is 2.45. The van der Waals surface area contributed by atoms with Crippen LogP contribution in [0.1, 0.15) is 22.6 Å². The number of rotatable bonds is 1. The number of hydrogen-bond donors (Lipinski definition) is 0. The Hall–Kier alpha value is -0.950. The van der Waals surface area contributed by atoms with Gasteiger partial charge >= 0.3 is 6.18 Å². The van der Waals surface area contributed by atoms with Crippen molar-refractivity contribution in [3.05, 3.63) is 21.9 Å². The molecule has 0 aliphatic heterocycles. The number of alkyl halides is 3. The van der Waals surface area contributed by atoms with Crippen LogP contribution in [-0.2, 0) is 11.6 Å². The zero-order valence-corrected chi connectivity index (χ0v) is 8.00.